The fourth-order valence-corrected chi connectivity index (χ4v) is 4.77. The first-order valence-electron chi connectivity index (χ1n) is 13.0. The predicted octanol–water partition coefficient (Wildman–Crippen LogP) is 4.02. The summed E-state index contributed by atoms with van der Waals surface area (Å²) < 4.78 is 36.9. The number of hydrogen-bond acceptors (Lipinski definition) is 7. The van der Waals surface area contributed by atoms with Crippen molar-refractivity contribution in [1.29, 1.82) is 0 Å². The molecule has 1 aliphatic carbocycles. The molecule has 0 aliphatic heterocycles. The summed E-state index contributed by atoms with van der Waals surface area (Å²) in [6.45, 7) is 5.18. The first-order valence-corrected chi connectivity index (χ1v) is 14.0. The Labute approximate surface area is 230 Å². The number of fused-ring (bicyclic) bond motifs is 1. The van der Waals surface area contributed by atoms with Gasteiger partial charge in [-0.15, -0.1) is 0 Å². The van der Waals surface area contributed by atoms with Gasteiger partial charge in [0.25, 0.3) is 5.91 Å². The van der Waals surface area contributed by atoms with Crippen LogP contribution in [0, 0.1) is 5.41 Å². The first kappa shape index (κ1) is 28.9. The molecule has 11 heteroatoms. The molecule has 4 rings (SSSR count). The zero-order chi connectivity index (χ0) is 28.3. The van der Waals surface area contributed by atoms with Crippen LogP contribution in [0.2, 0.25) is 0 Å². The molecule has 210 valence electrons. The van der Waals surface area contributed by atoms with Crippen LogP contribution < -0.4 is 5.32 Å². The van der Waals surface area contributed by atoms with Gasteiger partial charge in [-0.2, -0.15) is 0 Å². The lowest BCUT2D eigenvalue weighted by atomic mass is 9.95. The van der Waals surface area contributed by atoms with E-state index in [4.69, 9.17) is 14.1 Å². The summed E-state index contributed by atoms with van der Waals surface area (Å²) in [4.78, 5) is 29.0. The van der Waals surface area contributed by atoms with Crippen molar-refractivity contribution < 1.29 is 32.6 Å². The van der Waals surface area contributed by atoms with Gasteiger partial charge in [0.05, 0.1) is 41.8 Å². The molecule has 1 fully saturated rings. The third-order valence-electron chi connectivity index (χ3n) is 6.95. The number of hydrogen-bond donors (Lipinski definition) is 2. The average molecular weight is 557 g/mol. The molecule has 2 heterocycles. The summed E-state index contributed by atoms with van der Waals surface area (Å²) in [5.74, 6) is -0.639. The Morgan fingerprint density at radius 3 is 2.54 bits per heavy atom. The molecular weight excluding hydrogens is 522 g/mol. The number of pyridine rings is 1. The SMILES string of the molecule is CCc1ccc(-c2oc3nc(CN(CCOCC(C)(C)C(=O)O)S(=O)[O-])c(C4CC4)cc3c2C(=O)NC)cc1. The van der Waals surface area contributed by atoms with E-state index in [0.717, 1.165) is 36.0 Å². The second-order valence-corrected chi connectivity index (χ2v) is 11.4. The van der Waals surface area contributed by atoms with Crippen LogP contribution in [0.5, 0.6) is 0 Å². The minimum Gasteiger partial charge on any atom is -0.760 e. The van der Waals surface area contributed by atoms with Gasteiger partial charge in [-0.3, -0.25) is 13.8 Å². The Bertz CT molecular complexity index is 1380. The van der Waals surface area contributed by atoms with Crippen molar-refractivity contribution in [2.24, 2.45) is 5.41 Å². The summed E-state index contributed by atoms with van der Waals surface area (Å²) in [5.41, 5.74) is 2.95. The highest BCUT2D eigenvalue weighted by molar-refractivity contribution is 7.76. The zero-order valence-electron chi connectivity index (χ0n) is 22.6. The molecule has 2 N–H and O–H groups in total. The molecule has 1 saturated carbocycles. The van der Waals surface area contributed by atoms with E-state index in [1.807, 2.05) is 30.3 Å². The summed E-state index contributed by atoms with van der Waals surface area (Å²) in [7, 11) is 1.57. The highest BCUT2D eigenvalue weighted by Gasteiger charge is 2.31. The molecule has 2 aromatic heterocycles. The van der Waals surface area contributed by atoms with E-state index < -0.39 is 22.7 Å². The molecule has 0 spiro atoms. The molecular formula is C28H34N3O7S-. The topological polar surface area (TPSA) is 145 Å². The number of aryl methyl sites for hydroxylation is 1. The van der Waals surface area contributed by atoms with Crippen LogP contribution in [0.4, 0.5) is 0 Å². The molecule has 3 aromatic rings. The summed E-state index contributed by atoms with van der Waals surface area (Å²) in [6, 6.07) is 9.72. The zero-order valence-corrected chi connectivity index (χ0v) is 23.4. The number of carbonyl (C=O) groups is 2. The van der Waals surface area contributed by atoms with E-state index in [9.17, 15) is 23.5 Å². The molecule has 0 saturated heterocycles. The number of nitrogens with zero attached hydrogens (tertiary/aromatic N) is 2. The average Bonchev–Trinajstić information content (AvgIpc) is 3.69. The lowest BCUT2D eigenvalue weighted by Gasteiger charge is -2.25. The van der Waals surface area contributed by atoms with Gasteiger partial charge < -0.3 is 24.1 Å². The van der Waals surface area contributed by atoms with Crippen molar-refractivity contribution in [1.82, 2.24) is 14.6 Å². The van der Waals surface area contributed by atoms with Gasteiger partial charge in [-0.05, 0) is 56.2 Å². The third-order valence-corrected chi connectivity index (χ3v) is 7.69. The standard InChI is InChI=1S/C28H35N3O7S/c1-5-17-6-8-19(9-7-17)24-23(25(32)29-4)21-14-20(18-10-11-18)22(30-26(21)38-24)15-31(39(35)36)12-13-37-16-28(2,3)27(33)34/h6-9,14,18H,5,10-13,15-16H2,1-4H3,(H,29,32)(H,33,34)(H,35,36)/p-1. The monoisotopic (exact) mass is 556 g/mol. The molecule has 1 amide bonds. The van der Waals surface area contributed by atoms with Gasteiger partial charge in [0.1, 0.15) is 5.76 Å². The van der Waals surface area contributed by atoms with Gasteiger partial charge in [0.15, 0.2) is 0 Å². The number of nitrogens with one attached hydrogen (secondary N) is 1. The van der Waals surface area contributed by atoms with Gasteiger partial charge in [-0.1, -0.05) is 31.2 Å². The molecule has 10 nitrogen and oxygen atoms in total. The number of carboxylic acids is 1. The predicted molar refractivity (Wildman–Crippen MR) is 146 cm³/mol. The number of aromatic nitrogens is 1. The number of carboxylic acid groups (broad SMARTS) is 1. The summed E-state index contributed by atoms with van der Waals surface area (Å²) >= 11 is -2.56. The van der Waals surface area contributed by atoms with Gasteiger partial charge in [-0.25, -0.2) is 9.29 Å². The van der Waals surface area contributed by atoms with Gasteiger partial charge in [0.2, 0.25) is 5.71 Å². The smallest absolute Gasteiger partial charge is 0.311 e. The van der Waals surface area contributed by atoms with Crippen molar-refractivity contribution in [3.05, 3.63) is 52.7 Å². The molecule has 39 heavy (non-hydrogen) atoms. The minimum atomic E-state index is -2.56. The van der Waals surface area contributed by atoms with Crippen molar-refractivity contribution in [3.8, 4) is 11.3 Å². The number of benzene rings is 1. The van der Waals surface area contributed by atoms with Crippen LogP contribution in [0.3, 0.4) is 0 Å². The number of rotatable bonds is 13. The lowest BCUT2D eigenvalue weighted by molar-refractivity contribution is -0.150. The van der Waals surface area contributed by atoms with Crippen LogP contribution in [-0.2, 0) is 33.8 Å². The maximum Gasteiger partial charge on any atom is 0.311 e. The molecule has 1 unspecified atom stereocenters. The highest BCUT2D eigenvalue weighted by Crippen LogP contribution is 2.44. The van der Waals surface area contributed by atoms with Crippen molar-refractivity contribution >= 4 is 34.2 Å². The quantitative estimate of drug-likeness (QED) is 0.237. The molecule has 1 aliphatic rings. The fraction of sp³-hybridized carbons (Fsp3) is 0.464. The van der Waals surface area contributed by atoms with E-state index in [0.29, 0.717) is 22.4 Å². The number of furan rings is 1. The van der Waals surface area contributed by atoms with Gasteiger partial charge in [0, 0.05) is 30.4 Å². The molecule has 0 radical (unpaired) electrons. The second kappa shape index (κ2) is 12.0. The van der Waals surface area contributed by atoms with Crippen LogP contribution in [0.15, 0.2) is 34.7 Å². The Hall–Kier alpha value is -3.12. The first-order chi connectivity index (χ1) is 18.6. The molecule has 0 bridgehead atoms. The molecule has 1 aromatic carbocycles. The molecule has 1 atom stereocenters. The van der Waals surface area contributed by atoms with Gasteiger partial charge >= 0.3 is 5.97 Å². The Morgan fingerprint density at radius 2 is 1.97 bits per heavy atom. The Morgan fingerprint density at radius 1 is 1.28 bits per heavy atom. The van der Waals surface area contributed by atoms with E-state index in [1.165, 1.54) is 4.31 Å². The number of ether oxygens (including phenoxy) is 1. The summed E-state index contributed by atoms with van der Waals surface area (Å²) in [5, 5.41) is 12.5. The second-order valence-electron chi connectivity index (χ2n) is 10.4. The normalized spacial score (nSPS) is 14.6. The maximum absolute atomic E-state index is 13.0. The van der Waals surface area contributed by atoms with E-state index >= 15 is 0 Å². The van der Waals surface area contributed by atoms with Crippen LogP contribution in [0.1, 0.15) is 66.7 Å². The van der Waals surface area contributed by atoms with Crippen molar-refractivity contribution in [2.75, 3.05) is 26.8 Å². The third kappa shape index (κ3) is 6.55. The minimum absolute atomic E-state index is 0.000105. The maximum atomic E-state index is 13.0. The van der Waals surface area contributed by atoms with Crippen molar-refractivity contribution in [2.45, 2.75) is 52.5 Å². The van der Waals surface area contributed by atoms with Crippen LogP contribution in [0.25, 0.3) is 22.4 Å². The highest BCUT2D eigenvalue weighted by atomic mass is 32.2. The fourth-order valence-electron chi connectivity index (χ4n) is 4.32. The van der Waals surface area contributed by atoms with E-state index in [1.54, 1.807) is 20.9 Å². The lowest BCUT2D eigenvalue weighted by Crippen LogP contribution is -2.33. The number of aliphatic carboxylic acids is 1. The largest absolute Gasteiger partial charge is 0.760 e. The number of amides is 1. The van der Waals surface area contributed by atoms with E-state index in [2.05, 4.69) is 12.2 Å². The van der Waals surface area contributed by atoms with Crippen LogP contribution in [-0.4, -0.2) is 61.8 Å². The van der Waals surface area contributed by atoms with Crippen molar-refractivity contribution in [3.63, 3.8) is 0 Å². The Balaban J connectivity index is 1.66. The number of carbonyl (C=O) groups excluding carboxylic acids is 1. The Kier molecular flexibility index (Phi) is 8.85. The summed E-state index contributed by atoms with van der Waals surface area (Å²) in [6.07, 6.45) is 2.79. The van der Waals surface area contributed by atoms with Crippen LogP contribution >= 0.6 is 0 Å². The van der Waals surface area contributed by atoms with E-state index in [-0.39, 0.29) is 43.8 Å².